The van der Waals surface area contributed by atoms with E-state index in [2.05, 4.69) is 0 Å². The molecule has 0 radical (unpaired) electrons. The van der Waals surface area contributed by atoms with E-state index < -0.39 is 11.0 Å². The van der Waals surface area contributed by atoms with Crippen LogP contribution in [0.5, 0.6) is 11.5 Å². The van der Waals surface area contributed by atoms with Crippen LogP contribution in [0.3, 0.4) is 0 Å². The van der Waals surface area contributed by atoms with E-state index in [4.69, 9.17) is 20.9 Å². The van der Waals surface area contributed by atoms with E-state index >= 15 is 0 Å². The minimum Gasteiger partial charge on any atom is -0.454 e. The predicted molar refractivity (Wildman–Crippen MR) is 55.2 cm³/mol. The number of nitrogens with zero attached hydrogens (tertiary/aromatic N) is 1. The molecule has 4 N–H and O–H groups in total. The molecule has 16 heavy (non-hydrogen) atoms. The van der Waals surface area contributed by atoms with Crippen LogP contribution in [0.4, 0.5) is 5.69 Å². The molecule has 7 heteroatoms. The highest BCUT2D eigenvalue weighted by atomic mass is 16.7. The number of ether oxygens (including phenoxy) is 2. The normalized spacial score (nSPS) is 14.9. The number of hydrogen-bond donors (Lipinski definition) is 2. The van der Waals surface area contributed by atoms with Crippen LogP contribution in [0.15, 0.2) is 12.1 Å². The zero-order valence-corrected chi connectivity index (χ0v) is 8.38. The van der Waals surface area contributed by atoms with Crippen LogP contribution in [-0.4, -0.2) is 18.3 Å². The highest BCUT2D eigenvalue weighted by molar-refractivity contribution is 5.56. The SMILES string of the molecule is NC[C@H](N)c1cc2c(cc1[N+](=O)[O-])OCO2. The third kappa shape index (κ3) is 1.66. The lowest BCUT2D eigenvalue weighted by atomic mass is 10.0. The van der Waals surface area contributed by atoms with Crippen molar-refractivity contribution in [1.29, 1.82) is 0 Å². The topological polar surface area (TPSA) is 114 Å². The van der Waals surface area contributed by atoms with Crippen molar-refractivity contribution in [2.45, 2.75) is 6.04 Å². The van der Waals surface area contributed by atoms with E-state index in [0.29, 0.717) is 17.1 Å². The first-order valence-corrected chi connectivity index (χ1v) is 4.67. The number of hydrogen-bond acceptors (Lipinski definition) is 6. The maximum atomic E-state index is 10.9. The molecule has 0 fully saturated rings. The van der Waals surface area contributed by atoms with E-state index in [9.17, 15) is 10.1 Å². The number of nitro groups is 1. The van der Waals surface area contributed by atoms with Gasteiger partial charge in [0.1, 0.15) is 0 Å². The molecule has 86 valence electrons. The van der Waals surface area contributed by atoms with Crippen molar-refractivity contribution in [3.8, 4) is 11.5 Å². The van der Waals surface area contributed by atoms with E-state index in [1.807, 2.05) is 0 Å². The summed E-state index contributed by atoms with van der Waals surface area (Å²) < 4.78 is 10.2. The maximum Gasteiger partial charge on any atom is 0.278 e. The molecule has 0 amide bonds. The lowest BCUT2D eigenvalue weighted by Gasteiger charge is -2.10. The van der Waals surface area contributed by atoms with Gasteiger partial charge in [0.25, 0.3) is 5.69 Å². The van der Waals surface area contributed by atoms with Crippen molar-refractivity contribution in [2.24, 2.45) is 11.5 Å². The number of rotatable bonds is 3. The van der Waals surface area contributed by atoms with Gasteiger partial charge in [0.05, 0.1) is 16.6 Å². The van der Waals surface area contributed by atoms with Crippen molar-refractivity contribution in [2.75, 3.05) is 13.3 Å². The van der Waals surface area contributed by atoms with Gasteiger partial charge in [-0.3, -0.25) is 10.1 Å². The van der Waals surface area contributed by atoms with Crippen LogP contribution in [0.1, 0.15) is 11.6 Å². The van der Waals surface area contributed by atoms with Gasteiger partial charge < -0.3 is 20.9 Å². The van der Waals surface area contributed by atoms with Gasteiger partial charge in [-0.05, 0) is 6.07 Å². The van der Waals surface area contributed by atoms with E-state index in [1.54, 1.807) is 0 Å². The highest BCUT2D eigenvalue weighted by Crippen LogP contribution is 2.39. The standard InChI is InChI=1S/C9H11N3O4/c10-3-6(11)5-1-8-9(16-4-15-8)2-7(5)12(13)14/h1-2,6H,3-4,10-11H2/t6-/m0/s1. The van der Waals surface area contributed by atoms with Crippen LogP contribution in [0.2, 0.25) is 0 Å². The van der Waals surface area contributed by atoms with Crippen molar-refractivity contribution in [1.82, 2.24) is 0 Å². The fraction of sp³-hybridized carbons (Fsp3) is 0.333. The van der Waals surface area contributed by atoms with Gasteiger partial charge in [-0.15, -0.1) is 0 Å². The maximum absolute atomic E-state index is 10.9. The van der Waals surface area contributed by atoms with Crippen molar-refractivity contribution >= 4 is 5.69 Å². The molecule has 2 rings (SSSR count). The van der Waals surface area contributed by atoms with Crippen molar-refractivity contribution in [3.05, 3.63) is 27.8 Å². The summed E-state index contributed by atoms with van der Waals surface area (Å²) in [5.74, 6) is 0.823. The first kappa shape index (κ1) is 10.7. The smallest absolute Gasteiger partial charge is 0.278 e. The van der Waals surface area contributed by atoms with Crippen molar-refractivity contribution < 1.29 is 14.4 Å². The van der Waals surface area contributed by atoms with E-state index in [-0.39, 0.29) is 19.0 Å². The molecule has 0 saturated carbocycles. The van der Waals surface area contributed by atoms with Crippen LogP contribution >= 0.6 is 0 Å². The summed E-state index contributed by atoms with van der Waals surface area (Å²) >= 11 is 0. The van der Waals surface area contributed by atoms with E-state index in [0.717, 1.165) is 0 Å². The molecule has 1 aromatic rings. The average molecular weight is 225 g/mol. The molecule has 1 aromatic carbocycles. The quantitative estimate of drug-likeness (QED) is 0.564. The summed E-state index contributed by atoms with van der Waals surface area (Å²) in [5.41, 5.74) is 11.4. The molecule has 1 aliphatic heterocycles. The summed E-state index contributed by atoms with van der Waals surface area (Å²) in [4.78, 5) is 10.3. The van der Waals surface area contributed by atoms with Gasteiger partial charge in [0.15, 0.2) is 11.5 Å². The largest absolute Gasteiger partial charge is 0.454 e. The monoisotopic (exact) mass is 225 g/mol. The Labute approximate surface area is 91.1 Å². The van der Waals surface area contributed by atoms with Gasteiger partial charge >= 0.3 is 0 Å². The molecular formula is C9H11N3O4. The molecule has 0 aromatic heterocycles. The molecule has 1 aliphatic rings. The molecule has 7 nitrogen and oxygen atoms in total. The zero-order valence-electron chi connectivity index (χ0n) is 8.38. The fourth-order valence-corrected chi connectivity index (χ4v) is 1.53. The third-order valence-corrected chi connectivity index (χ3v) is 2.37. The average Bonchev–Trinajstić information content (AvgIpc) is 2.73. The number of fused-ring (bicyclic) bond motifs is 1. The Morgan fingerprint density at radius 1 is 1.44 bits per heavy atom. The second-order valence-electron chi connectivity index (χ2n) is 3.36. The van der Waals surface area contributed by atoms with Crippen LogP contribution in [-0.2, 0) is 0 Å². The van der Waals surface area contributed by atoms with Gasteiger partial charge in [-0.2, -0.15) is 0 Å². The summed E-state index contributed by atoms with van der Waals surface area (Å²) in [5, 5.41) is 10.9. The molecule has 0 bridgehead atoms. The Balaban J connectivity index is 2.53. The van der Waals surface area contributed by atoms with Crippen molar-refractivity contribution in [3.63, 3.8) is 0 Å². The Kier molecular flexibility index (Phi) is 2.63. The molecule has 0 saturated heterocycles. The highest BCUT2D eigenvalue weighted by Gasteiger charge is 2.25. The summed E-state index contributed by atoms with van der Waals surface area (Å²) in [6.45, 7) is 0.189. The Morgan fingerprint density at radius 3 is 2.62 bits per heavy atom. The summed E-state index contributed by atoms with van der Waals surface area (Å²) in [7, 11) is 0. The van der Waals surface area contributed by atoms with Crippen LogP contribution < -0.4 is 20.9 Å². The third-order valence-electron chi connectivity index (χ3n) is 2.37. The van der Waals surface area contributed by atoms with Crippen LogP contribution in [0, 0.1) is 10.1 Å². The molecule has 1 atom stereocenters. The number of benzene rings is 1. The van der Waals surface area contributed by atoms with Gasteiger partial charge in [0.2, 0.25) is 6.79 Å². The van der Waals surface area contributed by atoms with Crippen LogP contribution in [0.25, 0.3) is 0 Å². The molecule has 1 heterocycles. The fourth-order valence-electron chi connectivity index (χ4n) is 1.53. The lowest BCUT2D eigenvalue weighted by molar-refractivity contribution is -0.385. The second-order valence-corrected chi connectivity index (χ2v) is 3.36. The lowest BCUT2D eigenvalue weighted by Crippen LogP contribution is -2.21. The molecule has 0 aliphatic carbocycles. The summed E-state index contributed by atoms with van der Waals surface area (Å²) in [6.07, 6.45) is 0. The molecule has 0 spiro atoms. The number of nitro benzene ring substituents is 1. The van der Waals surface area contributed by atoms with Gasteiger partial charge in [0, 0.05) is 12.6 Å². The molecular weight excluding hydrogens is 214 g/mol. The van der Waals surface area contributed by atoms with Gasteiger partial charge in [-0.1, -0.05) is 0 Å². The zero-order chi connectivity index (χ0) is 11.7. The Morgan fingerprint density at radius 2 is 2.06 bits per heavy atom. The number of nitrogens with two attached hydrogens (primary N) is 2. The first-order chi connectivity index (χ1) is 7.63. The Hall–Kier alpha value is -1.86. The van der Waals surface area contributed by atoms with E-state index in [1.165, 1.54) is 12.1 Å². The predicted octanol–water partition coefficient (Wildman–Crippen LogP) is 0.282. The van der Waals surface area contributed by atoms with Gasteiger partial charge in [-0.25, -0.2) is 0 Å². The second kappa shape index (κ2) is 3.95. The first-order valence-electron chi connectivity index (χ1n) is 4.67. The minimum atomic E-state index is -0.588. The minimum absolute atomic E-state index is 0.0633. The molecule has 0 unspecified atom stereocenters. The Bertz CT molecular complexity index is 435. The summed E-state index contributed by atoms with van der Waals surface area (Å²) in [6, 6.07) is 2.24.